The van der Waals surface area contributed by atoms with Crippen LogP contribution in [0.2, 0.25) is 0 Å². The maximum atomic E-state index is 4.49. The number of allylic oxidation sites excluding steroid dienone is 2. The average molecular weight is 241 g/mol. The molecule has 2 aliphatic heterocycles. The molecule has 0 saturated carbocycles. The monoisotopic (exact) mass is 241 g/mol. The molecule has 92 valence electrons. The lowest BCUT2D eigenvalue weighted by molar-refractivity contribution is 0.474. The summed E-state index contributed by atoms with van der Waals surface area (Å²) < 4.78 is 0. The van der Waals surface area contributed by atoms with Gasteiger partial charge in [-0.1, -0.05) is 0 Å². The van der Waals surface area contributed by atoms with Crippen LogP contribution in [0.5, 0.6) is 0 Å². The fourth-order valence-corrected chi connectivity index (χ4v) is 2.03. The molecule has 3 rings (SSSR count). The average Bonchev–Trinajstić information content (AvgIpc) is 2.74. The van der Waals surface area contributed by atoms with Crippen LogP contribution in [0.25, 0.3) is 5.57 Å². The molecule has 1 atom stereocenters. The van der Waals surface area contributed by atoms with E-state index >= 15 is 0 Å². The van der Waals surface area contributed by atoms with Crippen LogP contribution in [0.15, 0.2) is 23.3 Å². The number of rotatable bonds is 1. The summed E-state index contributed by atoms with van der Waals surface area (Å²) in [5.41, 5.74) is 2.75. The summed E-state index contributed by atoms with van der Waals surface area (Å²) in [6, 6.07) is 0.438. The van der Waals surface area contributed by atoms with Crippen LogP contribution in [0.4, 0.5) is 0 Å². The number of aryl methyl sites for hydroxylation is 2. The van der Waals surface area contributed by atoms with Crippen LogP contribution in [-0.4, -0.2) is 38.5 Å². The number of amidine groups is 1. The lowest BCUT2D eigenvalue weighted by Crippen LogP contribution is -2.30. The van der Waals surface area contributed by atoms with Gasteiger partial charge in [-0.15, -0.1) is 5.10 Å². The number of hydrogen-bond acceptors (Lipinski definition) is 5. The van der Waals surface area contributed by atoms with E-state index in [4.69, 9.17) is 0 Å². The zero-order valence-electron chi connectivity index (χ0n) is 10.8. The van der Waals surface area contributed by atoms with Gasteiger partial charge in [0.25, 0.3) is 0 Å². The number of aliphatic imine (C=N–C) groups is 1. The molecular formula is C13H15N5. The highest BCUT2D eigenvalue weighted by atomic mass is 15.3. The summed E-state index contributed by atoms with van der Waals surface area (Å²) in [5.74, 6) is 1.65. The molecule has 0 saturated heterocycles. The molecule has 3 heterocycles. The lowest BCUT2D eigenvalue weighted by Gasteiger charge is -2.22. The van der Waals surface area contributed by atoms with Gasteiger partial charge in [0, 0.05) is 11.8 Å². The fraction of sp³-hybridized carbons (Fsp3) is 0.385. The SMILES string of the molecule is Cc1nnc(C2=CC3=NCC(C)N3C=C2)nc1C. The van der Waals surface area contributed by atoms with Gasteiger partial charge in [-0.3, -0.25) is 4.99 Å². The van der Waals surface area contributed by atoms with Crippen molar-refractivity contribution in [3.05, 3.63) is 35.6 Å². The zero-order chi connectivity index (χ0) is 12.7. The van der Waals surface area contributed by atoms with E-state index in [9.17, 15) is 0 Å². The Hall–Kier alpha value is -2.04. The first-order chi connectivity index (χ1) is 8.65. The smallest absolute Gasteiger partial charge is 0.182 e. The minimum atomic E-state index is 0.438. The van der Waals surface area contributed by atoms with Gasteiger partial charge in [0.2, 0.25) is 0 Å². The van der Waals surface area contributed by atoms with Gasteiger partial charge in [-0.2, -0.15) is 5.10 Å². The Kier molecular flexibility index (Phi) is 2.47. The Morgan fingerprint density at radius 2 is 2.06 bits per heavy atom. The van der Waals surface area contributed by atoms with Crippen molar-refractivity contribution in [3.8, 4) is 0 Å². The highest BCUT2D eigenvalue weighted by molar-refractivity contribution is 6.03. The standard InChI is InChI=1S/C13H15N5/c1-8-7-14-12-6-11(4-5-18(8)12)13-15-9(2)10(3)16-17-13/h4-6,8H,7H2,1-3H3. The normalized spacial score (nSPS) is 21.7. The van der Waals surface area contributed by atoms with E-state index in [0.717, 1.165) is 29.3 Å². The fourth-order valence-electron chi connectivity index (χ4n) is 2.03. The molecule has 18 heavy (non-hydrogen) atoms. The van der Waals surface area contributed by atoms with Crippen molar-refractivity contribution in [1.29, 1.82) is 0 Å². The minimum Gasteiger partial charge on any atom is -0.329 e. The van der Waals surface area contributed by atoms with Crippen LogP contribution >= 0.6 is 0 Å². The third-order valence-corrected chi connectivity index (χ3v) is 3.31. The van der Waals surface area contributed by atoms with Crippen molar-refractivity contribution in [3.63, 3.8) is 0 Å². The molecule has 0 radical (unpaired) electrons. The minimum absolute atomic E-state index is 0.438. The molecule has 0 amide bonds. The summed E-state index contributed by atoms with van der Waals surface area (Å²) in [5, 5.41) is 8.26. The van der Waals surface area contributed by atoms with E-state index in [1.165, 1.54) is 0 Å². The predicted molar refractivity (Wildman–Crippen MR) is 70.0 cm³/mol. The molecule has 2 aliphatic rings. The number of aromatic nitrogens is 3. The van der Waals surface area contributed by atoms with E-state index in [0.29, 0.717) is 11.9 Å². The Morgan fingerprint density at radius 3 is 2.83 bits per heavy atom. The first kappa shape index (κ1) is 11.1. The maximum Gasteiger partial charge on any atom is 0.182 e. The van der Waals surface area contributed by atoms with E-state index < -0.39 is 0 Å². The molecule has 0 bridgehead atoms. The summed E-state index contributed by atoms with van der Waals surface area (Å²) in [6.45, 7) is 6.86. The highest BCUT2D eigenvalue weighted by Crippen LogP contribution is 2.22. The van der Waals surface area contributed by atoms with Crippen LogP contribution in [0.1, 0.15) is 24.1 Å². The van der Waals surface area contributed by atoms with Gasteiger partial charge >= 0.3 is 0 Å². The summed E-state index contributed by atoms with van der Waals surface area (Å²) in [7, 11) is 0. The number of fused-ring (bicyclic) bond motifs is 1. The van der Waals surface area contributed by atoms with E-state index in [1.807, 2.05) is 32.2 Å². The number of nitrogens with zero attached hydrogens (tertiary/aromatic N) is 5. The zero-order valence-corrected chi connectivity index (χ0v) is 10.8. The topological polar surface area (TPSA) is 54.3 Å². The van der Waals surface area contributed by atoms with Gasteiger partial charge in [0.05, 0.1) is 24.0 Å². The molecule has 5 nitrogen and oxygen atoms in total. The van der Waals surface area contributed by atoms with E-state index in [1.54, 1.807) is 0 Å². The summed E-state index contributed by atoms with van der Waals surface area (Å²) >= 11 is 0. The van der Waals surface area contributed by atoms with E-state index in [-0.39, 0.29) is 0 Å². The van der Waals surface area contributed by atoms with Crippen LogP contribution in [0.3, 0.4) is 0 Å². The van der Waals surface area contributed by atoms with Crippen molar-refractivity contribution in [2.75, 3.05) is 6.54 Å². The molecule has 1 aromatic rings. The van der Waals surface area contributed by atoms with Gasteiger partial charge in [0.15, 0.2) is 5.82 Å². The predicted octanol–water partition coefficient (Wildman–Crippen LogP) is 1.50. The molecule has 1 aromatic heterocycles. The molecule has 0 fully saturated rings. The van der Waals surface area contributed by atoms with Crippen LogP contribution in [-0.2, 0) is 0 Å². The van der Waals surface area contributed by atoms with Gasteiger partial charge in [-0.25, -0.2) is 4.98 Å². The molecule has 1 unspecified atom stereocenters. The molecule has 0 aromatic carbocycles. The van der Waals surface area contributed by atoms with Crippen molar-refractivity contribution in [2.24, 2.45) is 4.99 Å². The Bertz CT molecular complexity index is 585. The van der Waals surface area contributed by atoms with Gasteiger partial charge < -0.3 is 4.90 Å². The Labute approximate surface area is 106 Å². The quantitative estimate of drug-likeness (QED) is 0.747. The molecule has 0 N–H and O–H groups in total. The molecule has 5 heteroatoms. The highest BCUT2D eigenvalue weighted by Gasteiger charge is 2.24. The number of hydrogen-bond donors (Lipinski definition) is 0. The van der Waals surface area contributed by atoms with Crippen LogP contribution in [0, 0.1) is 13.8 Å². The van der Waals surface area contributed by atoms with E-state index in [2.05, 4.69) is 32.0 Å². The summed E-state index contributed by atoms with van der Waals surface area (Å²) in [4.78, 5) is 11.1. The maximum absolute atomic E-state index is 4.49. The van der Waals surface area contributed by atoms with Crippen molar-refractivity contribution in [1.82, 2.24) is 20.1 Å². The third-order valence-electron chi connectivity index (χ3n) is 3.31. The lowest BCUT2D eigenvalue weighted by atomic mass is 10.1. The summed E-state index contributed by atoms with van der Waals surface area (Å²) in [6.07, 6.45) is 6.09. The second kappa shape index (κ2) is 4.01. The van der Waals surface area contributed by atoms with Crippen molar-refractivity contribution in [2.45, 2.75) is 26.8 Å². The molecule has 0 spiro atoms. The third kappa shape index (κ3) is 1.72. The Balaban J connectivity index is 1.97. The first-order valence-corrected chi connectivity index (χ1v) is 6.06. The molecule has 0 aliphatic carbocycles. The molecular weight excluding hydrogens is 226 g/mol. The van der Waals surface area contributed by atoms with Crippen molar-refractivity contribution < 1.29 is 0 Å². The second-order valence-electron chi connectivity index (χ2n) is 4.68. The second-order valence-corrected chi connectivity index (χ2v) is 4.68. The largest absolute Gasteiger partial charge is 0.329 e. The van der Waals surface area contributed by atoms with Gasteiger partial charge in [-0.05, 0) is 32.9 Å². The van der Waals surface area contributed by atoms with Crippen molar-refractivity contribution >= 4 is 11.4 Å². The first-order valence-electron chi connectivity index (χ1n) is 6.06. The Morgan fingerprint density at radius 1 is 1.22 bits per heavy atom. The van der Waals surface area contributed by atoms with Crippen LogP contribution < -0.4 is 0 Å². The van der Waals surface area contributed by atoms with Gasteiger partial charge in [0.1, 0.15) is 5.84 Å².